The van der Waals surface area contributed by atoms with Crippen LogP contribution in [0, 0.1) is 6.92 Å². The van der Waals surface area contributed by atoms with Gasteiger partial charge in [-0.05, 0) is 26.0 Å². The molecule has 7 heteroatoms. The number of thiazole rings is 1. The average Bonchev–Trinajstić information content (AvgIpc) is 2.96. The van der Waals surface area contributed by atoms with E-state index < -0.39 is 0 Å². The Labute approximate surface area is 139 Å². The van der Waals surface area contributed by atoms with Crippen molar-refractivity contribution >= 4 is 23.1 Å². The highest BCUT2D eigenvalue weighted by Gasteiger charge is 2.13. The van der Waals surface area contributed by atoms with Crippen LogP contribution in [0.15, 0.2) is 29.6 Å². The van der Waals surface area contributed by atoms with Crippen LogP contribution in [-0.4, -0.2) is 31.3 Å². The van der Waals surface area contributed by atoms with Gasteiger partial charge in [0.2, 0.25) is 0 Å². The summed E-state index contributed by atoms with van der Waals surface area (Å²) in [6.45, 7) is 4.75. The molecule has 124 valence electrons. The Hall–Kier alpha value is -2.12. The van der Waals surface area contributed by atoms with Crippen LogP contribution < -0.4 is 15.4 Å². The second kappa shape index (κ2) is 8.50. The number of anilines is 1. The molecule has 0 bridgehead atoms. The number of rotatable bonds is 7. The van der Waals surface area contributed by atoms with E-state index in [4.69, 9.17) is 9.47 Å². The molecule has 0 aliphatic rings. The van der Waals surface area contributed by atoms with Gasteiger partial charge in [0.25, 0.3) is 0 Å². The lowest BCUT2D eigenvalue weighted by atomic mass is 10.2. The molecule has 0 radical (unpaired) electrons. The van der Waals surface area contributed by atoms with Crippen molar-refractivity contribution in [2.45, 2.75) is 19.9 Å². The van der Waals surface area contributed by atoms with Gasteiger partial charge >= 0.3 is 6.03 Å². The molecule has 0 fully saturated rings. The van der Waals surface area contributed by atoms with E-state index in [1.807, 2.05) is 31.4 Å². The molecule has 0 aliphatic heterocycles. The summed E-state index contributed by atoms with van der Waals surface area (Å²) in [7, 11) is 1.61. The van der Waals surface area contributed by atoms with Crippen molar-refractivity contribution in [3.05, 3.63) is 40.3 Å². The van der Waals surface area contributed by atoms with Gasteiger partial charge in [0, 0.05) is 12.5 Å². The molecule has 0 saturated carbocycles. The number of carbonyl (C=O) groups is 1. The van der Waals surface area contributed by atoms with Crippen molar-refractivity contribution in [1.82, 2.24) is 10.3 Å². The molecule has 2 rings (SSSR count). The number of amides is 2. The molecular weight excluding hydrogens is 314 g/mol. The smallest absolute Gasteiger partial charge is 0.319 e. The van der Waals surface area contributed by atoms with Crippen LogP contribution in [0.25, 0.3) is 0 Å². The van der Waals surface area contributed by atoms with Crippen LogP contribution in [-0.2, 0) is 4.74 Å². The second-order valence-corrected chi connectivity index (χ2v) is 6.01. The minimum absolute atomic E-state index is 0.165. The summed E-state index contributed by atoms with van der Waals surface area (Å²) in [5.74, 6) is 0.608. The lowest BCUT2D eigenvalue weighted by Gasteiger charge is -2.15. The maximum atomic E-state index is 12.2. The number of urea groups is 1. The molecule has 1 heterocycles. The van der Waals surface area contributed by atoms with Gasteiger partial charge in [0.05, 0.1) is 29.0 Å². The Morgan fingerprint density at radius 3 is 2.83 bits per heavy atom. The van der Waals surface area contributed by atoms with Crippen LogP contribution in [0.3, 0.4) is 0 Å². The molecule has 2 amide bonds. The van der Waals surface area contributed by atoms with Crippen LogP contribution in [0.5, 0.6) is 5.75 Å². The van der Waals surface area contributed by atoms with Crippen molar-refractivity contribution in [3.63, 3.8) is 0 Å². The molecule has 2 N–H and O–H groups in total. The quantitative estimate of drug-likeness (QED) is 0.761. The predicted octanol–water partition coefficient (Wildman–Crippen LogP) is 3.36. The lowest BCUT2D eigenvalue weighted by Crippen LogP contribution is -2.31. The van der Waals surface area contributed by atoms with Crippen LogP contribution in [0.1, 0.15) is 23.7 Å². The molecule has 23 heavy (non-hydrogen) atoms. The minimum atomic E-state index is -0.300. The fourth-order valence-corrected chi connectivity index (χ4v) is 2.65. The number of para-hydroxylation sites is 2. The first kappa shape index (κ1) is 17.2. The zero-order chi connectivity index (χ0) is 16.7. The third-order valence-electron chi connectivity index (χ3n) is 3.11. The minimum Gasteiger partial charge on any atom is -0.489 e. The maximum absolute atomic E-state index is 12.2. The van der Waals surface area contributed by atoms with E-state index in [2.05, 4.69) is 15.6 Å². The summed E-state index contributed by atoms with van der Waals surface area (Å²) in [5.41, 5.74) is 1.47. The SMILES string of the molecule is COCCOc1ccccc1NC(=O)N[C@H](C)c1csc(C)n1. The zero-order valence-electron chi connectivity index (χ0n) is 13.5. The number of hydrogen-bond acceptors (Lipinski definition) is 5. The Morgan fingerprint density at radius 2 is 2.13 bits per heavy atom. The summed E-state index contributed by atoms with van der Waals surface area (Å²) in [6.07, 6.45) is 0. The number of aromatic nitrogens is 1. The standard InChI is InChI=1S/C16H21N3O3S/c1-11(14-10-23-12(2)18-14)17-16(20)19-13-6-4-5-7-15(13)22-9-8-21-3/h4-7,10-11H,8-9H2,1-3H3,(H2,17,19,20)/t11-/m1/s1. The number of aryl methyl sites for hydroxylation is 1. The molecule has 0 spiro atoms. The van der Waals surface area contributed by atoms with Gasteiger partial charge in [-0.15, -0.1) is 11.3 Å². The molecule has 1 aromatic heterocycles. The molecule has 0 aliphatic carbocycles. The molecule has 6 nitrogen and oxygen atoms in total. The molecule has 1 aromatic carbocycles. The van der Waals surface area contributed by atoms with E-state index in [0.29, 0.717) is 24.7 Å². The number of carbonyl (C=O) groups excluding carboxylic acids is 1. The van der Waals surface area contributed by atoms with Crippen molar-refractivity contribution in [3.8, 4) is 5.75 Å². The summed E-state index contributed by atoms with van der Waals surface area (Å²) >= 11 is 1.56. The molecule has 1 atom stereocenters. The Bertz CT molecular complexity index is 645. The number of nitrogens with zero attached hydrogens (tertiary/aromatic N) is 1. The fraction of sp³-hybridized carbons (Fsp3) is 0.375. The van der Waals surface area contributed by atoms with E-state index in [-0.39, 0.29) is 12.1 Å². The van der Waals surface area contributed by atoms with Crippen LogP contribution in [0.2, 0.25) is 0 Å². The Kier molecular flexibility index (Phi) is 6.37. The number of benzene rings is 1. The number of nitrogens with one attached hydrogen (secondary N) is 2. The molecular formula is C16H21N3O3S. The Balaban J connectivity index is 1.94. The summed E-state index contributed by atoms with van der Waals surface area (Å²) in [5, 5.41) is 8.60. The highest BCUT2D eigenvalue weighted by Crippen LogP contribution is 2.24. The van der Waals surface area contributed by atoms with E-state index >= 15 is 0 Å². The number of ether oxygens (including phenoxy) is 2. The summed E-state index contributed by atoms with van der Waals surface area (Å²) in [6, 6.07) is 6.82. The predicted molar refractivity (Wildman–Crippen MR) is 91.2 cm³/mol. The van der Waals surface area contributed by atoms with Crippen molar-refractivity contribution < 1.29 is 14.3 Å². The van der Waals surface area contributed by atoms with Crippen molar-refractivity contribution in [2.75, 3.05) is 25.6 Å². The van der Waals surface area contributed by atoms with Gasteiger partial charge in [-0.3, -0.25) is 0 Å². The monoisotopic (exact) mass is 335 g/mol. The first-order chi connectivity index (χ1) is 11.1. The topological polar surface area (TPSA) is 72.5 Å². The van der Waals surface area contributed by atoms with Crippen LogP contribution in [0.4, 0.5) is 10.5 Å². The maximum Gasteiger partial charge on any atom is 0.319 e. The van der Waals surface area contributed by atoms with Gasteiger partial charge in [-0.1, -0.05) is 12.1 Å². The van der Waals surface area contributed by atoms with E-state index in [1.54, 1.807) is 30.6 Å². The second-order valence-electron chi connectivity index (χ2n) is 4.95. The highest BCUT2D eigenvalue weighted by atomic mass is 32.1. The molecule has 0 saturated heterocycles. The van der Waals surface area contributed by atoms with Gasteiger partial charge in [-0.25, -0.2) is 9.78 Å². The van der Waals surface area contributed by atoms with E-state index in [1.165, 1.54) is 0 Å². The first-order valence-corrected chi connectivity index (χ1v) is 8.18. The third-order valence-corrected chi connectivity index (χ3v) is 3.90. The zero-order valence-corrected chi connectivity index (χ0v) is 14.3. The normalized spacial score (nSPS) is 11.8. The molecule has 0 unspecified atom stereocenters. The van der Waals surface area contributed by atoms with E-state index in [9.17, 15) is 4.79 Å². The van der Waals surface area contributed by atoms with Gasteiger partial charge < -0.3 is 20.1 Å². The molecule has 2 aromatic rings. The Morgan fingerprint density at radius 1 is 1.35 bits per heavy atom. The fourth-order valence-electron chi connectivity index (χ4n) is 1.94. The lowest BCUT2D eigenvalue weighted by molar-refractivity contribution is 0.146. The average molecular weight is 335 g/mol. The summed E-state index contributed by atoms with van der Waals surface area (Å²) < 4.78 is 10.6. The van der Waals surface area contributed by atoms with E-state index in [0.717, 1.165) is 10.7 Å². The van der Waals surface area contributed by atoms with Crippen molar-refractivity contribution in [1.29, 1.82) is 0 Å². The van der Waals surface area contributed by atoms with Crippen molar-refractivity contribution in [2.24, 2.45) is 0 Å². The highest BCUT2D eigenvalue weighted by molar-refractivity contribution is 7.09. The van der Waals surface area contributed by atoms with Gasteiger partial charge in [0.1, 0.15) is 12.4 Å². The number of methoxy groups -OCH3 is 1. The van der Waals surface area contributed by atoms with Gasteiger partial charge in [0.15, 0.2) is 0 Å². The largest absolute Gasteiger partial charge is 0.489 e. The first-order valence-electron chi connectivity index (χ1n) is 7.30. The summed E-state index contributed by atoms with van der Waals surface area (Å²) in [4.78, 5) is 16.5. The number of hydrogen-bond donors (Lipinski definition) is 2. The van der Waals surface area contributed by atoms with Crippen LogP contribution >= 0.6 is 11.3 Å². The third kappa shape index (κ3) is 5.22. The van der Waals surface area contributed by atoms with Gasteiger partial charge in [-0.2, -0.15) is 0 Å².